The van der Waals surface area contributed by atoms with Gasteiger partial charge in [-0.05, 0) is 24.1 Å². The first-order valence-electron chi connectivity index (χ1n) is 7.86. The summed E-state index contributed by atoms with van der Waals surface area (Å²) < 4.78 is 0. The van der Waals surface area contributed by atoms with Crippen molar-refractivity contribution in [2.45, 2.75) is 12.3 Å². The number of hydrogen-bond acceptors (Lipinski definition) is 3. The van der Waals surface area contributed by atoms with Gasteiger partial charge in [-0.2, -0.15) is 10.2 Å². The Morgan fingerprint density at radius 2 is 1.78 bits per heavy atom. The van der Waals surface area contributed by atoms with Crippen LogP contribution in [0.15, 0.2) is 60.9 Å². The molecule has 23 heavy (non-hydrogen) atoms. The van der Waals surface area contributed by atoms with Gasteiger partial charge in [0.25, 0.3) is 5.91 Å². The van der Waals surface area contributed by atoms with Crippen LogP contribution in [0.5, 0.6) is 0 Å². The highest BCUT2D eigenvalue weighted by Gasteiger charge is 2.27. The van der Waals surface area contributed by atoms with E-state index in [1.165, 1.54) is 5.56 Å². The zero-order valence-electron chi connectivity index (χ0n) is 12.7. The van der Waals surface area contributed by atoms with Crippen molar-refractivity contribution in [2.75, 3.05) is 13.1 Å². The number of likely N-dealkylation sites (tertiary alicyclic amines) is 1. The van der Waals surface area contributed by atoms with E-state index >= 15 is 0 Å². The molecule has 4 rings (SSSR count). The summed E-state index contributed by atoms with van der Waals surface area (Å²) in [6, 6.07) is 16.2. The Morgan fingerprint density at radius 1 is 1.00 bits per heavy atom. The quantitative estimate of drug-likeness (QED) is 0.730. The number of carbonyl (C=O) groups excluding carboxylic acids is 1. The topological polar surface area (TPSA) is 46.1 Å². The highest BCUT2D eigenvalue weighted by molar-refractivity contribution is 5.98. The lowest BCUT2D eigenvalue weighted by Gasteiger charge is -2.17. The van der Waals surface area contributed by atoms with Gasteiger partial charge >= 0.3 is 0 Å². The first-order chi connectivity index (χ1) is 11.3. The highest BCUT2D eigenvalue weighted by atomic mass is 16.2. The Kier molecular flexibility index (Phi) is 3.50. The van der Waals surface area contributed by atoms with Gasteiger partial charge in [-0.1, -0.05) is 36.4 Å². The van der Waals surface area contributed by atoms with Crippen LogP contribution >= 0.6 is 0 Å². The maximum atomic E-state index is 12.8. The predicted octanol–water partition coefficient (Wildman–Crippen LogP) is 3.26. The average Bonchev–Trinajstić information content (AvgIpc) is 3.11. The van der Waals surface area contributed by atoms with Crippen molar-refractivity contribution >= 4 is 16.7 Å². The molecule has 4 heteroatoms. The van der Waals surface area contributed by atoms with Crippen LogP contribution in [0.1, 0.15) is 28.3 Å². The zero-order chi connectivity index (χ0) is 15.6. The first kappa shape index (κ1) is 13.9. The maximum absolute atomic E-state index is 12.8. The van der Waals surface area contributed by atoms with Crippen molar-refractivity contribution in [3.05, 3.63) is 72.1 Å². The molecule has 0 aliphatic carbocycles. The third-order valence-electron chi connectivity index (χ3n) is 4.54. The highest BCUT2D eigenvalue weighted by Crippen LogP contribution is 2.28. The van der Waals surface area contributed by atoms with Crippen molar-refractivity contribution in [3.63, 3.8) is 0 Å². The molecular weight excluding hydrogens is 286 g/mol. The van der Waals surface area contributed by atoms with Gasteiger partial charge in [0.05, 0.1) is 12.4 Å². The number of amides is 1. The van der Waals surface area contributed by atoms with Gasteiger partial charge in [-0.25, -0.2) is 0 Å². The molecule has 0 radical (unpaired) electrons. The van der Waals surface area contributed by atoms with Crippen LogP contribution in [-0.4, -0.2) is 34.1 Å². The van der Waals surface area contributed by atoms with Crippen molar-refractivity contribution in [1.29, 1.82) is 0 Å². The molecule has 0 unspecified atom stereocenters. The fourth-order valence-corrected chi connectivity index (χ4v) is 3.25. The molecule has 1 saturated heterocycles. The molecular formula is C19H17N3O. The molecule has 0 saturated carbocycles. The molecule has 1 aromatic heterocycles. The van der Waals surface area contributed by atoms with Gasteiger partial charge in [0.15, 0.2) is 0 Å². The predicted molar refractivity (Wildman–Crippen MR) is 89.2 cm³/mol. The van der Waals surface area contributed by atoms with E-state index in [1.54, 1.807) is 12.4 Å². The SMILES string of the molecule is O=C(c1ccc2cnncc2c1)N1CC[C@@H](c2ccccc2)C1. The summed E-state index contributed by atoms with van der Waals surface area (Å²) in [5.74, 6) is 0.536. The Morgan fingerprint density at radius 3 is 2.61 bits per heavy atom. The van der Waals surface area contributed by atoms with Gasteiger partial charge in [0.1, 0.15) is 0 Å². The summed E-state index contributed by atoms with van der Waals surface area (Å²) in [7, 11) is 0. The third-order valence-corrected chi connectivity index (χ3v) is 4.54. The number of fused-ring (bicyclic) bond motifs is 1. The minimum absolute atomic E-state index is 0.0992. The van der Waals surface area contributed by atoms with Gasteiger partial charge in [-0.3, -0.25) is 4.79 Å². The van der Waals surface area contributed by atoms with E-state index in [-0.39, 0.29) is 5.91 Å². The fraction of sp³-hybridized carbons (Fsp3) is 0.211. The van der Waals surface area contributed by atoms with Crippen LogP contribution in [0.3, 0.4) is 0 Å². The van der Waals surface area contributed by atoms with E-state index in [0.717, 1.165) is 35.8 Å². The van der Waals surface area contributed by atoms with Gasteiger partial charge in [0.2, 0.25) is 0 Å². The number of hydrogen-bond donors (Lipinski definition) is 0. The summed E-state index contributed by atoms with van der Waals surface area (Å²) in [5.41, 5.74) is 2.04. The molecule has 1 atom stereocenters. The number of benzene rings is 2. The number of aromatic nitrogens is 2. The standard InChI is InChI=1S/C19H17N3O/c23-19(15-6-7-16-11-20-21-12-18(16)10-15)22-9-8-17(13-22)14-4-2-1-3-5-14/h1-7,10-12,17H,8-9,13H2/t17-/m1/s1. The molecule has 2 aromatic carbocycles. The normalized spacial score (nSPS) is 17.6. The lowest BCUT2D eigenvalue weighted by atomic mass is 9.99. The average molecular weight is 303 g/mol. The van der Waals surface area contributed by atoms with E-state index in [4.69, 9.17) is 0 Å². The summed E-state index contributed by atoms with van der Waals surface area (Å²) in [4.78, 5) is 14.7. The molecule has 1 amide bonds. The van der Waals surface area contributed by atoms with Crippen molar-refractivity contribution in [1.82, 2.24) is 15.1 Å². The Balaban J connectivity index is 1.55. The van der Waals surface area contributed by atoms with E-state index in [2.05, 4.69) is 34.5 Å². The summed E-state index contributed by atoms with van der Waals surface area (Å²) >= 11 is 0. The Bertz CT molecular complexity index is 847. The Labute approximate surface area is 134 Å². The molecule has 114 valence electrons. The van der Waals surface area contributed by atoms with Crippen LogP contribution in [-0.2, 0) is 0 Å². The minimum atomic E-state index is 0.0992. The fourth-order valence-electron chi connectivity index (χ4n) is 3.25. The summed E-state index contributed by atoms with van der Waals surface area (Å²) in [5, 5.41) is 9.70. The molecule has 0 N–H and O–H groups in total. The molecule has 4 nitrogen and oxygen atoms in total. The van der Waals surface area contributed by atoms with Crippen LogP contribution < -0.4 is 0 Å². The number of carbonyl (C=O) groups is 1. The molecule has 2 heterocycles. The summed E-state index contributed by atoms with van der Waals surface area (Å²) in [6.45, 7) is 1.60. The second-order valence-electron chi connectivity index (χ2n) is 5.98. The third kappa shape index (κ3) is 2.68. The second kappa shape index (κ2) is 5.80. The molecule has 3 aromatic rings. The molecule has 1 aliphatic heterocycles. The van der Waals surface area contributed by atoms with Crippen LogP contribution in [0.2, 0.25) is 0 Å². The number of nitrogens with zero attached hydrogens (tertiary/aromatic N) is 3. The first-order valence-corrected chi connectivity index (χ1v) is 7.86. The lowest BCUT2D eigenvalue weighted by molar-refractivity contribution is 0.0791. The van der Waals surface area contributed by atoms with Gasteiger partial charge in [0, 0.05) is 35.3 Å². The molecule has 0 bridgehead atoms. The van der Waals surface area contributed by atoms with Crippen LogP contribution in [0.4, 0.5) is 0 Å². The van der Waals surface area contributed by atoms with E-state index in [1.807, 2.05) is 29.2 Å². The lowest BCUT2D eigenvalue weighted by Crippen LogP contribution is -2.28. The zero-order valence-corrected chi connectivity index (χ0v) is 12.7. The van der Waals surface area contributed by atoms with Crippen molar-refractivity contribution in [2.24, 2.45) is 0 Å². The molecule has 0 spiro atoms. The monoisotopic (exact) mass is 303 g/mol. The van der Waals surface area contributed by atoms with Crippen molar-refractivity contribution < 1.29 is 4.79 Å². The van der Waals surface area contributed by atoms with Crippen LogP contribution in [0.25, 0.3) is 10.8 Å². The Hall–Kier alpha value is -2.75. The largest absolute Gasteiger partial charge is 0.338 e. The summed E-state index contributed by atoms with van der Waals surface area (Å²) in [6.07, 6.45) is 4.43. The maximum Gasteiger partial charge on any atom is 0.253 e. The second-order valence-corrected chi connectivity index (χ2v) is 5.98. The molecule has 1 fully saturated rings. The van der Waals surface area contributed by atoms with Gasteiger partial charge in [-0.15, -0.1) is 0 Å². The van der Waals surface area contributed by atoms with E-state index in [9.17, 15) is 4.79 Å². The van der Waals surface area contributed by atoms with E-state index in [0.29, 0.717) is 5.92 Å². The van der Waals surface area contributed by atoms with Crippen LogP contribution in [0, 0.1) is 0 Å². The minimum Gasteiger partial charge on any atom is -0.338 e. The number of rotatable bonds is 2. The van der Waals surface area contributed by atoms with E-state index < -0.39 is 0 Å². The molecule has 1 aliphatic rings. The van der Waals surface area contributed by atoms with Crippen molar-refractivity contribution in [3.8, 4) is 0 Å². The smallest absolute Gasteiger partial charge is 0.253 e. The van der Waals surface area contributed by atoms with Gasteiger partial charge < -0.3 is 4.90 Å².